The SMILES string of the molecule is COC[C@@H](C)OC1=CCC(CN(c2ccc(C#N)cc2)c2nc(C(=O)NS(C)(=O)=O)c(C)s2)C=C1. The lowest BCUT2D eigenvalue weighted by Gasteiger charge is -2.27. The topological polar surface area (TPSA) is 122 Å². The summed E-state index contributed by atoms with van der Waals surface area (Å²) >= 11 is 1.30. The number of carbonyl (C=O) groups is 1. The summed E-state index contributed by atoms with van der Waals surface area (Å²) in [6.45, 7) is 4.72. The Hall–Kier alpha value is -3.20. The molecule has 0 saturated heterocycles. The van der Waals surface area contributed by atoms with Crippen LogP contribution in [0, 0.1) is 24.2 Å². The molecule has 0 radical (unpaired) electrons. The smallest absolute Gasteiger partial charge is 0.284 e. The molecule has 1 amide bonds. The van der Waals surface area contributed by atoms with Gasteiger partial charge in [-0.2, -0.15) is 5.26 Å². The number of sulfonamides is 1. The summed E-state index contributed by atoms with van der Waals surface area (Å²) in [6.07, 6.45) is 7.65. The number of anilines is 2. The van der Waals surface area contributed by atoms with E-state index in [4.69, 9.17) is 14.7 Å². The van der Waals surface area contributed by atoms with Gasteiger partial charge in [-0.1, -0.05) is 6.08 Å². The molecule has 1 aromatic heterocycles. The Morgan fingerprint density at radius 3 is 2.66 bits per heavy atom. The van der Waals surface area contributed by atoms with Gasteiger partial charge in [-0.3, -0.25) is 4.79 Å². The van der Waals surface area contributed by atoms with Crippen LogP contribution in [0.25, 0.3) is 0 Å². The van der Waals surface area contributed by atoms with E-state index in [9.17, 15) is 13.2 Å². The number of nitrogens with zero attached hydrogens (tertiary/aromatic N) is 3. The van der Waals surface area contributed by atoms with Crippen molar-refractivity contribution in [2.24, 2.45) is 5.92 Å². The predicted octanol–water partition coefficient (Wildman–Crippen LogP) is 3.66. The van der Waals surface area contributed by atoms with Gasteiger partial charge in [-0.15, -0.1) is 11.3 Å². The molecule has 1 heterocycles. The molecular formula is C24H28N4O5S2. The summed E-state index contributed by atoms with van der Waals surface area (Å²) < 4.78 is 36.0. The standard InChI is InChI=1S/C24H28N4O5S2/c1-16(15-32-3)33-21-11-7-19(8-12-21)14-28(20-9-5-18(13-25)6-10-20)24-26-22(17(2)34-24)23(29)27-35(4,30)31/h5-7,9-12,16,19H,8,14-15H2,1-4H3,(H,27,29)/t16-,19?/m1/s1. The van der Waals surface area contributed by atoms with Crippen LogP contribution in [0.3, 0.4) is 0 Å². The zero-order valence-corrected chi connectivity index (χ0v) is 21.6. The lowest BCUT2D eigenvalue weighted by atomic mass is 9.99. The van der Waals surface area contributed by atoms with Crippen LogP contribution in [0.2, 0.25) is 0 Å². The quantitative estimate of drug-likeness (QED) is 0.508. The van der Waals surface area contributed by atoms with Crippen LogP contribution in [0.4, 0.5) is 10.8 Å². The van der Waals surface area contributed by atoms with Crippen molar-refractivity contribution in [2.45, 2.75) is 26.4 Å². The maximum Gasteiger partial charge on any atom is 0.284 e. The van der Waals surface area contributed by atoms with Gasteiger partial charge in [0.05, 0.1) is 24.5 Å². The van der Waals surface area contributed by atoms with Crippen molar-refractivity contribution in [3.63, 3.8) is 0 Å². The van der Waals surface area contributed by atoms with Crippen LogP contribution in [0.1, 0.15) is 34.3 Å². The van der Waals surface area contributed by atoms with Crippen molar-refractivity contribution < 1.29 is 22.7 Å². The summed E-state index contributed by atoms with van der Waals surface area (Å²) in [5.41, 5.74) is 1.40. The van der Waals surface area contributed by atoms with Crippen molar-refractivity contribution in [1.82, 2.24) is 9.71 Å². The number of carbonyl (C=O) groups excluding carboxylic acids is 1. The molecule has 35 heavy (non-hydrogen) atoms. The Balaban J connectivity index is 1.85. The molecule has 1 aliphatic rings. The van der Waals surface area contributed by atoms with Crippen LogP contribution >= 0.6 is 11.3 Å². The molecule has 2 aromatic rings. The first kappa shape index (κ1) is 26.4. The number of aryl methyl sites for hydroxylation is 1. The first-order valence-corrected chi connectivity index (χ1v) is 13.6. The van der Waals surface area contributed by atoms with Gasteiger partial charge in [0.25, 0.3) is 5.91 Å². The highest BCUT2D eigenvalue weighted by atomic mass is 32.2. The normalized spacial score (nSPS) is 16.2. The second-order valence-corrected chi connectivity index (χ2v) is 11.1. The fourth-order valence-corrected chi connectivity index (χ4v) is 4.91. The van der Waals surface area contributed by atoms with Crippen molar-refractivity contribution in [1.29, 1.82) is 5.26 Å². The maximum atomic E-state index is 12.5. The fourth-order valence-electron chi connectivity index (χ4n) is 3.54. The molecule has 0 aliphatic heterocycles. The predicted molar refractivity (Wildman–Crippen MR) is 135 cm³/mol. The Kier molecular flexibility index (Phi) is 8.67. The van der Waals surface area contributed by atoms with Crippen molar-refractivity contribution in [2.75, 3.05) is 31.4 Å². The first-order chi connectivity index (χ1) is 16.6. The summed E-state index contributed by atoms with van der Waals surface area (Å²) in [7, 11) is -2.08. The van der Waals surface area contributed by atoms with Crippen LogP contribution in [-0.4, -0.2) is 51.9 Å². The van der Waals surface area contributed by atoms with E-state index in [2.05, 4.69) is 17.1 Å². The molecule has 1 unspecified atom stereocenters. The monoisotopic (exact) mass is 516 g/mol. The Morgan fingerprint density at radius 2 is 2.09 bits per heavy atom. The average Bonchev–Trinajstić information content (AvgIpc) is 3.19. The zero-order chi connectivity index (χ0) is 25.6. The number of hydrogen-bond acceptors (Lipinski definition) is 9. The molecule has 186 valence electrons. The van der Waals surface area contributed by atoms with E-state index in [1.54, 1.807) is 26.2 Å². The average molecular weight is 517 g/mol. The molecule has 1 aromatic carbocycles. The minimum Gasteiger partial charge on any atom is -0.489 e. The lowest BCUT2D eigenvalue weighted by molar-refractivity contribution is 0.0523. The third-order valence-corrected chi connectivity index (χ3v) is 6.68. The van der Waals surface area contributed by atoms with Crippen LogP contribution in [0.15, 0.2) is 48.3 Å². The van der Waals surface area contributed by atoms with Gasteiger partial charge >= 0.3 is 0 Å². The van der Waals surface area contributed by atoms with Crippen LogP contribution < -0.4 is 9.62 Å². The van der Waals surface area contributed by atoms with E-state index in [0.717, 1.165) is 24.1 Å². The lowest BCUT2D eigenvalue weighted by Crippen LogP contribution is -2.30. The third-order valence-electron chi connectivity index (χ3n) is 5.13. The number of thiazole rings is 1. The molecule has 1 N–H and O–H groups in total. The van der Waals surface area contributed by atoms with Gasteiger partial charge in [0.1, 0.15) is 17.6 Å². The Bertz CT molecular complexity index is 1260. The maximum absolute atomic E-state index is 12.5. The number of rotatable bonds is 10. The second-order valence-electron chi connectivity index (χ2n) is 8.22. The minimum absolute atomic E-state index is 0.0580. The molecule has 1 aliphatic carbocycles. The first-order valence-electron chi connectivity index (χ1n) is 10.9. The summed E-state index contributed by atoms with van der Waals surface area (Å²) in [5.74, 6) is 0.161. The van der Waals surface area contributed by atoms with E-state index in [-0.39, 0.29) is 17.7 Å². The van der Waals surface area contributed by atoms with E-state index >= 15 is 0 Å². The minimum atomic E-state index is -3.71. The van der Waals surface area contributed by atoms with Crippen LogP contribution in [-0.2, 0) is 19.5 Å². The molecule has 2 atom stereocenters. The third kappa shape index (κ3) is 7.39. The number of benzene rings is 1. The van der Waals surface area contributed by atoms with E-state index in [1.165, 1.54) is 11.3 Å². The molecule has 0 saturated carbocycles. The number of amides is 1. The van der Waals surface area contributed by atoms with Gasteiger partial charge in [0.15, 0.2) is 5.13 Å². The fraction of sp³-hybridized carbons (Fsp3) is 0.375. The van der Waals surface area contributed by atoms with Gasteiger partial charge in [-0.05, 0) is 62.6 Å². The summed E-state index contributed by atoms with van der Waals surface area (Å²) in [4.78, 5) is 19.5. The molecule has 0 spiro atoms. The number of allylic oxidation sites excluding steroid dienone is 2. The highest BCUT2D eigenvalue weighted by molar-refractivity contribution is 7.89. The Morgan fingerprint density at radius 1 is 1.37 bits per heavy atom. The number of methoxy groups -OCH3 is 1. The molecule has 0 bridgehead atoms. The molecule has 11 heteroatoms. The van der Waals surface area contributed by atoms with Gasteiger partial charge in [0.2, 0.25) is 10.0 Å². The van der Waals surface area contributed by atoms with Gasteiger partial charge in [0, 0.05) is 24.2 Å². The van der Waals surface area contributed by atoms with Crippen LogP contribution in [0.5, 0.6) is 0 Å². The van der Waals surface area contributed by atoms with E-state index in [0.29, 0.717) is 28.7 Å². The molecule has 3 rings (SSSR count). The van der Waals surface area contributed by atoms with Crippen molar-refractivity contribution in [3.8, 4) is 6.07 Å². The second kappa shape index (κ2) is 11.5. The summed E-state index contributed by atoms with van der Waals surface area (Å²) in [6, 6.07) is 9.21. The Labute approximate surface area is 209 Å². The highest BCUT2D eigenvalue weighted by Crippen LogP contribution is 2.34. The summed E-state index contributed by atoms with van der Waals surface area (Å²) in [5, 5.41) is 9.71. The van der Waals surface area contributed by atoms with Crippen molar-refractivity contribution >= 4 is 38.1 Å². The van der Waals surface area contributed by atoms with Gasteiger partial charge in [-0.25, -0.2) is 18.1 Å². The number of aromatic nitrogens is 1. The number of nitriles is 1. The van der Waals surface area contributed by atoms with Gasteiger partial charge < -0.3 is 14.4 Å². The van der Waals surface area contributed by atoms with E-state index < -0.39 is 15.9 Å². The number of ether oxygens (including phenoxy) is 2. The number of hydrogen-bond donors (Lipinski definition) is 1. The molecule has 9 nitrogen and oxygen atoms in total. The largest absolute Gasteiger partial charge is 0.489 e. The van der Waals surface area contributed by atoms with Crippen molar-refractivity contribution in [3.05, 3.63) is 64.4 Å². The molecular weight excluding hydrogens is 488 g/mol. The number of nitrogens with one attached hydrogen (secondary N) is 1. The highest BCUT2D eigenvalue weighted by Gasteiger charge is 2.24. The van der Waals surface area contributed by atoms with E-state index in [1.807, 2.05) is 40.8 Å². The molecule has 0 fully saturated rings. The zero-order valence-electron chi connectivity index (χ0n) is 20.0.